The Morgan fingerprint density at radius 3 is 2.59 bits per heavy atom. The van der Waals surface area contributed by atoms with Crippen molar-refractivity contribution in [3.63, 3.8) is 0 Å². The molecule has 0 spiro atoms. The minimum Gasteiger partial charge on any atom is -0.481 e. The van der Waals surface area contributed by atoms with Crippen LogP contribution in [0.1, 0.15) is 62.6 Å². The second-order valence-corrected chi connectivity index (χ2v) is 10.6. The summed E-state index contributed by atoms with van der Waals surface area (Å²) in [5.41, 5.74) is 2.08. The first-order valence-corrected chi connectivity index (χ1v) is 12.7. The van der Waals surface area contributed by atoms with Gasteiger partial charge in [-0.25, -0.2) is 4.39 Å². The lowest BCUT2D eigenvalue weighted by Gasteiger charge is -2.41. The Bertz CT molecular complexity index is 1250. The SMILES string of the molecule is CC[C@H](Oc1ccc2c(c1)[C@@H](c1cccc(F)c1)N(C(=O)C(C)(C)C)CC2)C(=O)N(C)Cc1ccco1. The molecule has 7 heteroatoms. The van der Waals surface area contributed by atoms with E-state index in [0.29, 0.717) is 43.0 Å². The van der Waals surface area contributed by atoms with E-state index >= 15 is 0 Å². The Hall–Kier alpha value is -3.61. The third-order valence-electron chi connectivity index (χ3n) is 6.69. The third-order valence-corrected chi connectivity index (χ3v) is 6.69. The van der Waals surface area contributed by atoms with Crippen molar-refractivity contribution in [2.24, 2.45) is 5.41 Å². The number of carbonyl (C=O) groups excluding carboxylic acids is 2. The lowest BCUT2D eigenvalue weighted by atomic mass is 9.85. The van der Waals surface area contributed by atoms with Crippen LogP contribution in [0.3, 0.4) is 0 Å². The van der Waals surface area contributed by atoms with Crippen molar-refractivity contribution in [1.29, 1.82) is 0 Å². The normalized spacial score (nSPS) is 16.2. The maximum Gasteiger partial charge on any atom is 0.263 e. The Morgan fingerprint density at radius 2 is 1.95 bits per heavy atom. The molecule has 0 unspecified atom stereocenters. The van der Waals surface area contributed by atoms with E-state index < -0.39 is 17.6 Å². The largest absolute Gasteiger partial charge is 0.481 e. The van der Waals surface area contributed by atoms with E-state index in [-0.39, 0.29) is 17.6 Å². The van der Waals surface area contributed by atoms with Gasteiger partial charge in [0.05, 0.1) is 18.8 Å². The Labute approximate surface area is 218 Å². The number of halogens is 1. The van der Waals surface area contributed by atoms with E-state index in [4.69, 9.17) is 9.15 Å². The van der Waals surface area contributed by atoms with Crippen LogP contribution in [0, 0.1) is 11.2 Å². The third kappa shape index (κ3) is 5.87. The van der Waals surface area contributed by atoms with Crippen molar-refractivity contribution < 1.29 is 23.1 Å². The summed E-state index contributed by atoms with van der Waals surface area (Å²) in [5.74, 6) is 0.733. The highest BCUT2D eigenvalue weighted by Crippen LogP contribution is 2.39. The van der Waals surface area contributed by atoms with E-state index in [1.807, 2.05) is 62.9 Å². The van der Waals surface area contributed by atoms with Crippen LogP contribution >= 0.6 is 0 Å². The van der Waals surface area contributed by atoms with Crippen molar-refractivity contribution in [2.45, 2.75) is 59.2 Å². The van der Waals surface area contributed by atoms with E-state index in [1.54, 1.807) is 30.3 Å². The van der Waals surface area contributed by atoms with Crippen molar-refractivity contribution in [3.8, 4) is 5.75 Å². The second kappa shape index (κ2) is 10.8. The van der Waals surface area contributed by atoms with E-state index in [2.05, 4.69) is 0 Å². The average molecular weight is 507 g/mol. The molecule has 3 aromatic rings. The first-order chi connectivity index (χ1) is 17.6. The lowest BCUT2D eigenvalue weighted by molar-refractivity contribution is -0.141. The highest BCUT2D eigenvalue weighted by atomic mass is 19.1. The summed E-state index contributed by atoms with van der Waals surface area (Å²) < 4.78 is 25.9. The first kappa shape index (κ1) is 26.5. The van der Waals surface area contributed by atoms with E-state index in [0.717, 1.165) is 11.1 Å². The minimum atomic E-state index is -0.679. The number of fused-ring (bicyclic) bond motifs is 1. The van der Waals surface area contributed by atoms with Crippen LogP contribution in [0.15, 0.2) is 65.3 Å². The van der Waals surface area contributed by atoms with Crippen LogP contribution < -0.4 is 4.74 Å². The van der Waals surface area contributed by atoms with Crippen LogP contribution in [0.4, 0.5) is 4.39 Å². The average Bonchev–Trinajstić information content (AvgIpc) is 3.38. The number of hydrogen-bond acceptors (Lipinski definition) is 4. The van der Waals surface area contributed by atoms with Crippen molar-refractivity contribution >= 4 is 11.8 Å². The van der Waals surface area contributed by atoms with Gasteiger partial charge >= 0.3 is 0 Å². The molecule has 0 saturated heterocycles. The van der Waals surface area contributed by atoms with Crippen LogP contribution in [-0.4, -0.2) is 41.3 Å². The van der Waals surface area contributed by atoms with Gasteiger partial charge in [0.1, 0.15) is 17.3 Å². The molecule has 196 valence electrons. The van der Waals surface area contributed by atoms with Crippen molar-refractivity contribution in [1.82, 2.24) is 9.80 Å². The number of hydrogen-bond donors (Lipinski definition) is 0. The number of benzene rings is 2. The fourth-order valence-corrected chi connectivity index (χ4v) is 4.78. The molecule has 1 aromatic heterocycles. The van der Waals surface area contributed by atoms with Gasteiger partial charge in [0.25, 0.3) is 5.91 Å². The monoisotopic (exact) mass is 506 g/mol. The van der Waals surface area contributed by atoms with Crippen molar-refractivity contribution in [2.75, 3.05) is 13.6 Å². The van der Waals surface area contributed by atoms with Crippen molar-refractivity contribution in [3.05, 3.63) is 89.1 Å². The predicted octanol–water partition coefficient (Wildman–Crippen LogP) is 5.75. The molecule has 0 aliphatic carbocycles. The topological polar surface area (TPSA) is 63.0 Å². The smallest absolute Gasteiger partial charge is 0.263 e. The molecule has 6 nitrogen and oxygen atoms in total. The summed E-state index contributed by atoms with van der Waals surface area (Å²) in [7, 11) is 1.72. The molecule has 37 heavy (non-hydrogen) atoms. The molecule has 2 heterocycles. The first-order valence-electron chi connectivity index (χ1n) is 12.7. The highest BCUT2D eigenvalue weighted by molar-refractivity contribution is 5.83. The highest BCUT2D eigenvalue weighted by Gasteiger charge is 2.37. The second-order valence-electron chi connectivity index (χ2n) is 10.6. The summed E-state index contributed by atoms with van der Waals surface area (Å²) in [6.45, 7) is 8.47. The van der Waals surface area contributed by atoms with Gasteiger partial charge in [-0.3, -0.25) is 9.59 Å². The number of likely N-dealkylation sites (N-methyl/N-ethyl adjacent to an activating group) is 1. The fourth-order valence-electron chi connectivity index (χ4n) is 4.78. The molecule has 0 radical (unpaired) electrons. The number of rotatable bonds is 7. The summed E-state index contributed by atoms with van der Waals surface area (Å²) in [6.07, 6.45) is 2.07. The maximum atomic E-state index is 14.3. The number of nitrogens with zero attached hydrogens (tertiary/aromatic N) is 2. The molecular formula is C30H35FN2O4. The minimum absolute atomic E-state index is 0.0000962. The van der Waals surface area contributed by atoms with Crippen LogP contribution in [-0.2, 0) is 22.6 Å². The molecule has 4 rings (SSSR count). The summed E-state index contributed by atoms with van der Waals surface area (Å²) in [5, 5.41) is 0. The van der Waals surface area contributed by atoms with E-state index in [1.165, 1.54) is 12.1 Å². The zero-order valence-corrected chi connectivity index (χ0v) is 22.2. The molecule has 0 saturated carbocycles. The van der Waals surface area contributed by atoms with Crippen LogP contribution in [0.2, 0.25) is 0 Å². The molecule has 2 aromatic carbocycles. The maximum absolute atomic E-state index is 14.3. The molecule has 0 fully saturated rings. The molecule has 1 aliphatic rings. The molecule has 2 amide bonds. The fraction of sp³-hybridized carbons (Fsp3) is 0.400. The van der Waals surface area contributed by atoms with Gasteiger partial charge < -0.3 is 19.0 Å². The molecule has 0 bridgehead atoms. The summed E-state index contributed by atoms with van der Waals surface area (Å²) >= 11 is 0. The molecule has 2 atom stereocenters. The van der Waals surface area contributed by atoms with Gasteiger partial charge in [-0.1, -0.05) is 45.9 Å². The zero-order valence-electron chi connectivity index (χ0n) is 22.2. The van der Waals surface area contributed by atoms with Crippen LogP contribution in [0.5, 0.6) is 5.75 Å². The van der Waals surface area contributed by atoms with Gasteiger partial charge in [0.15, 0.2) is 6.10 Å². The number of amides is 2. The number of ether oxygens (including phenoxy) is 1. The quantitative estimate of drug-likeness (QED) is 0.409. The predicted molar refractivity (Wildman–Crippen MR) is 139 cm³/mol. The Balaban J connectivity index is 1.65. The Morgan fingerprint density at radius 1 is 1.16 bits per heavy atom. The zero-order chi connectivity index (χ0) is 26.7. The van der Waals surface area contributed by atoms with E-state index in [9.17, 15) is 14.0 Å². The number of carbonyl (C=O) groups is 2. The lowest BCUT2D eigenvalue weighted by Crippen LogP contribution is -2.45. The van der Waals surface area contributed by atoms with Gasteiger partial charge in [0, 0.05) is 19.0 Å². The van der Waals surface area contributed by atoms with Gasteiger partial charge in [-0.15, -0.1) is 0 Å². The van der Waals surface area contributed by atoms with Gasteiger partial charge in [-0.2, -0.15) is 0 Å². The standard InChI is InChI=1S/C30H35FN2O4/c1-6-26(28(34)32(5)19-24-11-8-16-36-24)37-23-13-12-20-14-15-33(29(35)30(2,3)4)27(25(20)18-23)21-9-7-10-22(31)17-21/h7-13,16-18,26-27H,6,14-15,19H2,1-5H3/t26-,27+/m0/s1. The summed E-state index contributed by atoms with van der Waals surface area (Å²) in [4.78, 5) is 30.0. The Kier molecular flexibility index (Phi) is 7.71. The molecular weight excluding hydrogens is 471 g/mol. The van der Waals surface area contributed by atoms with Crippen LogP contribution in [0.25, 0.3) is 0 Å². The molecule has 1 aliphatic heterocycles. The van der Waals surface area contributed by atoms with Gasteiger partial charge in [0.2, 0.25) is 5.91 Å². The van der Waals surface area contributed by atoms with Gasteiger partial charge in [-0.05, 0) is 65.9 Å². The summed E-state index contributed by atoms with van der Waals surface area (Å²) in [6, 6.07) is 15.3. The molecule has 0 N–H and O–H groups in total. The number of furan rings is 1.